The molecule has 1 aliphatic heterocycles. The molecule has 1 aliphatic rings. The van der Waals surface area contributed by atoms with Gasteiger partial charge in [0.25, 0.3) is 6.16 Å². The van der Waals surface area contributed by atoms with E-state index in [1.807, 2.05) is 0 Å². The molecule has 1 unspecified atom stereocenters. The van der Waals surface area contributed by atoms with E-state index in [-0.39, 0.29) is 24.3 Å². The molecule has 1 aromatic rings. The first-order valence-electron chi connectivity index (χ1n) is 6.43. The summed E-state index contributed by atoms with van der Waals surface area (Å²) >= 11 is 0. The van der Waals surface area contributed by atoms with Gasteiger partial charge in [0, 0.05) is 12.3 Å². The number of ether oxygens (including phenoxy) is 1. The maximum absolute atomic E-state index is 12.1. The summed E-state index contributed by atoms with van der Waals surface area (Å²) in [6, 6.07) is 4.00. The van der Waals surface area contributed by atoms with E-state index in [1.54, 1.807) is 6.92 Å². The summed E-state index contributed by atoms with van der Waals surface area (Å²) < 4.78 is 40.4. The maximum atomic E-state index is 12.1. The molecule has 1 fully saturated rings. The molecule has 1 aromatic carbocycles. The quantitative estimate of drug-likeness (QED) is 0.649. The van der Waals surface area contributed by atoms with E-state index in [2.05, 4.69) is 10.1 Å². The van der Waals surface area contributed by atoms with E-state index < -0.39 is 17.9 Å². The lowest BCUT2D eigenvalue weighted by molar-refractivity contribution is -0.284. The van der Waals surface area contributed by atoms with Crippen LogP contribution in [0, 0.1) is 5.92 Å². The molecule has 1 atom stereocenters. The number of benzene rings is 1. The number of imide groups is 1. The summed E-state index contributed by atoms with van der Waals surface area (Å²) in [5.41, 5.74) is -0.466. The molecule has 1 N–H and O–H groups in total. The molecule has 0 aliphatic carbocycles. The average molecular weight is 332 g/mol. The first-order chi connectivity index (χ1) is 10.6. The van der Waals surface area contributed by atoms with Crippen molar-refractivity contribution in [3.8, 4) is 0 Å². The minimum atomic E-state index is -4.40. The van der Waals surface area contributed by atoms with Crippen LogP contribution in [0.4, 0.5) is 18.0 Å². The Hall–Kier alpha value is -2.58. The predicted molar refractivity (Wildman–Crippen MR) is 68.6 cm³/mol. The van der Waals surface area contributed by atoms with E-state index in [9.17, 15) is 32.7 Å². The Morgan fingerprint density at radius 3 is 2.17 bits per heavy atom. The van der Waals surface area contributed by atoms with Gasteiger partial charge in [-0.25, -0.2) is 0 Å². The summed E-state index contributed by atoms with van der Waals surface area (Å²) in [6.45, 7) is 1.42. The highest BCUT2D eigenvalue weighted by atomic mass is 19.4. The summed E-state index contributed by atoms with van der Waals surface area (Å²) in [7, 11) is 0. The Kier molecular flexibility index (Phi) is 6.11. The molecule has 1 heterocycles. The van der Waals surface area contributed by atoms with Gasteiger partial charge in [-0.3, -0.25) is 14.9 Å². The molecule has 0 saturated carbocycles. The van der Waals surface area contributed by atoms with Gasteiger partial charge < -0.3 is 14.6 Å². The van der Waals surface area contributed by atoms with Crippen LogP contribution in [0.15, 0.2) is 24.3 Å². The molecule has 0 aromatic heterocycles. The lowest BCUT2D eigenvalue weighted by Gasteiger charge is -2.10. The van der Waals surface area contributed by atoms with Gasteiger partial charge in [0.15, 0.2) is 0 Å². The van der Waals surface area contributed by atoms with Crippen LogP contribution in [0.3, 0.4) is 0 Å². The van der Waals surface area contributed by atoms with Gasteiger partial charge in [-0.15, -0.1) is 0 Å². The number of hydrogen-bond donors (Lipinski definition) is 1. The molecule has 6 nitrogen and oxygen atoms in total. The molecule has 2 rings (SSSR count). The summed E-state index contributed by atoms with van der Waals surface area (Å²) in [5, 5.41) is 12.1. The molecule has 0 bridgehead atoms. The fraction of sp³-hybridized carbons (Fsp3) is 0.357. The molecule has 1 saturated heterocycles. The van der Waals surface area contributed by atoms with Crippen molar-refractivity contribution in [1.29, 1.82) is 0 Å². The van der Waals surface area contributed by atoms with Crippen molar-refractivity contribution in [1.82, 2.24) is 5.32 Å². The number of rotatable bonds is 2. The van der Waals surface area contributed by atoms with Crippen LogP contribution in [0.2, 0.25) is 0 Å². The maximum Gasteiger partial charge on any atom is 0.416 e. The normalized spacial score (nSPS) is 17.1. The highest BCUT2D eigenvalue weighted by molar-refractivity contribution is 6.03. The average Bonchev–Trinajstić information content (AvgIpc) is 2.73. The van der Waals surface area contributed by atoms with Crippen molar-refractivity contribution in [3.63, 3.8) is 0 Å². The van der Waals surface area contributed by atoms with Gasteiger partial charge in [-0.2, -0.15) is 13.2 Å². The van der Waals surface area contributed by atoms with Gasteiger partial charge in [-0.1, -0.05) is 19.1 Å². The number of nitrogens with one attached hydrogen (secondary N) is 1. The predicted octanol–water partition coefficient (Wildman–Crippen LogP) is 1.23. The molecule has 9 heteroatoms. The highest BCUT2D eigenvalue weighted by Gasteiger charge is 2.29. The number of alkyl halides is 3. The van der Waals surface area contributed by atoms with Gasteiger partial charge in [0.2, 0.25) is 11.8 Å². The van der Waals surface area contributed by atoms with Gasteiger partial charge in [-0.05, 0) is 17.7 Å². The number of carbonyl (C=O) groups is 3. The first-order valence-corrected chi connectivity index (χ1v) is 6.43. The number of amides is 2. The number of hydrogen-bond acceptors (Lipinski definition) is 5. The summed E-state index contributed by atoms with van der Waals surface area (Å²) in [5.74, 6) is -0.403. The zero-order valence-corrected chi connectivity index (χ0v) is 12.0. The van der Waals surface area contributed by atoms with Crippen molar-refractivity contribution in [2.24, 2.45) is 5.92 Å². The Balaban J connectivity index is 0.000000277. The van der Waals surface area contributed by atoms with E-state index in [0.29, 0.717) is 12.0 Å². The van der Waals surface area contributed by atoms with Crippen LogP contribution in [-0.2, 0) is 27.1 Å². The van der Waals surface area contributed by atoms with Gasteiger partial charge in [0.1, 0.15) is 0 Å². The monoisotopic (exact) mass is 332 g/mol. The lowest BCUT2D eigenvalue weighted by atomic mass is 10.1. The van der Waals surface area contributed by atoms with Gasteiger partial charge in [0.05, 0.1) is 12.2 Å². The molecule has 126 valence electrons. The van der Waals surface area contributed by atoms with Crippen molar-refractivity contribution >= 4 is 18.0 Å². The van der Waals surface area contributed by atoms with Crippen LogP contribution >= 0.6 is 0 Å². The van der Waals surface area contributed by atoms with Crippen molar-refractivity contribution in [2.45, 2.75) is 26.1 Å². The Morgan fingerprint density at radius 2 is 1.87 bits per heavy atom. The van der Waals surface area contributed by atoms with Gasteiger partial charge >= 0.3 is 6.18 Å². The smallest absolute Gasteiger partial charge is 0.416 e. The fourth-order valence-corrected chi connectivity index (χ4v) is 1.61. The standard InChI is InChI=1S/C9H7F3O3.C5H7NO2/c10-9(11,12)7-3-1-6(2-4-7)5-15-8(13)14;1-3-2-4(7)6-5(3)8/h1-4H,5H2,(H,13,14);3H,2H2,1H3,(H,6,7,8)/p-1. The Bertz CT molecular complexity index is 583. The third-order valence-corrected chi connectivity index (χ3v) is 2.84. The van der Waals surface area contributed by atoms with Crippen molar-refractivity contribution < 1.29 is 37.4 Å². The van der Waals surface area contributed by atoms with Crippen LogP contribution in [-0.4, -0.2) is 18.0 Å². The largest absolute Gasteiger partial charge is 0.545 e. The third-order valence-electron chi connectivity index (χ3n) is 2.84. The van der Waals surface area contributed by atoms with E-state index >= 15 is 0 Å². The highest BCUT2D eigenvalue weighted by Crippen LogP contribution is 2.29. The SMILES string of the molecule is CC1CC(=O)NC1=O.O=C([O-])OCc1ccc(C(F)(F)F)cc1. The van der Waals surface area contributed by atoms with E-state index in [0.717, 1.165) is 24.3 Å². The second-order valence-electron chi connectivity index (χ2n) is 4.75. The zero-order valence-electron chi connectivity index (χ0n) is 12.0. The van der Waals surface area contributed by atoms with Crippen LogP contribution in [0.5, 0.6) is 0 Å². The molecule has 0 radical (unpaired) electrons. The molecular formula is C14H13F3NO5-. The second-order valence-corrected chi connectivity index (χ2v) is 4.75. The van der Waals surface area contributed by atoms with Crippen LogP contribution < -0.4 is 10.4 Å². The Labute approximate surface area is 129 Å². The summed E-state index contributed by atoms with van der Waals surface area (Å²) in [6.07, 6.45) is -5.75. The van der Waals surface area contributed by atoms with Crippen molar-refractivity contribution in [3.05, 3.63) is 35.4 Å². The molecule has 2 amide bonds. The van der Waals surface area contributed by atoms with Crippen LogP contribution in [0.1, 0.15) is 24.5 Å². The Morgan fingerprint density at radius 1 is 1.30 bits per heavy atom. The lowest BCUT2D eigenvalue weighted by Crippen LogP contribution is -2.23. The van der Waals surface area contributed by atoms with E-state index in [4.69, 9.17) is 0 Å². The minimum absolute atomic E-state index is 0.109. The second kappa shape index (κ2) is 7.61. The topological polar surface area (TPSA) is 95.5 Å². The molecular weight excluding hydrogens is 319 g/mol. The zero-order chi connectivity index (χ0) is 17.6. The fourth-order valence-electron chi connectivity index (χ4n) is 1.61. The number of halogens is 3. The number of carboxylic acid groups (broad SMARTS) is 1. The van der Waals surface area contributed by atoms with E-state index in [1.165, 1.54) is 0 Å². The summed E-state index contributed by atoms with van der Waals surface area (Å²) in [4.78, 5) is 30.7. The third kappa shape index (κ3) is 6.37. The first kappa shape index (κ1) is 18.5. The molecule has 0 spiro atoms. The molecule has 23 heavy (non-hydrogen) atoms. The minimum Gasteiger partial charge on any atom is -0.545 e. The van der Waals surface area contributed by atoms with Crippen molar-refractivity contribution in [2.75, 3.05) is 0 Å². The van der Waals surface area contributed by atoms with Crippen LogP contribution in [0.25, 0.3) is 0 Å². The number of carbonyl (C=O) groups excluding carboxylic acids is 3.